The Labute approximate surface area is 94.7 Å². The van der Waals surface area contributed by atoms with Crippen LogP contribution in [0.3, 0.4) is 0 Å². The first-order valence-electron chi connectivity index (χ1n) is 3.67. The first-order chi connectivity index (χ1) is 6.49. The van der Waals surface area contributed by atoms with E-state index in [0.717, 1.165) is 3.57 Å². The molecule has 1 aliphatic heterocycles. The van der Waals surface area contributed by atoms with E-state index in [1.54, 1.807) is 18.2 Å². The van der Waals surface area contributed by atoms with Gasteiger partial charge in [0.05, 0.1) is 5.69 Å². The summed E-state index contributed by atoms with van der Waals surface area (Å²) in [4.78, 5) is 0. The van der Waals surface area contributed by atoms with Gasteiger partial charge in [-0.05, 0) is 34.7 Å². The third-order valence-electron chi connectivity index (χ3n) is 1.74. The van der Waals surface area contributed by atoms with Crippen LogP contribution in [0.4, 0.5) is 5.69 Å². The standard InChI is InChI=1S/C7H6IN3O2S/c8-5-3-1-2-4-6(5)10-14(12,13)11-7(4)9/h1-3,10H,(H2,9,11). The van der Waals surface area contributed by atoms with Crippen molar-refractivity contribution >= 4 is 44.3 Å². The molecule has 0 fully saturated rings. The molecule has 1 aromatic carbocycles. The Hall–Kier alpha value is -0.830. The predicted molar refractivity (Wildman–Crippen MR) is 62.4 cm³/mol. The Balaban J connectivity index is 2.74. The van der Waals surface area contributed by atoms with Gasteiger partial charge in [-0.25, -0.2) is 0 Å². The van der Waals surface area contributed by atoms with E-state index in [4.69, 9.17) is 5.73 Å². The second-order valence-electron chi connectivity index (χ2n) is 2.72. The van der Waals surface area contributed by atoms with Crippen LogP contribution in [0.1, 0.15) is 5.56 Å². The molecule has 0 atom stereocenters. The fraction of sp³-hybridized carbons (Fsp3) is 0. The van der Waals surface area contributed by atoms with Crippen LogP contribution in [0.15, 0.2) is 22.6 Å². The number of benzene rings is 1. The number of fused-ring (bicyclic) bond motifs is 1. The number of para-hydroxylation sites is 1. The van der Waals surface area contributed by atoms with E-state index in [9.17, 15) is 8.42 Å². The minimum absolute atomic E-state index is 0.0252. The third kappa shape index (κ3) is 1.57. The van der Waals surface area contributed by atoms with Gasteiger partial charge in [0.2, 0.25) is 0 Å². The van der Waals surface area contributed by atoms with Gasteiger partial charge >= 0.3 is 10.2 Å². The van der Waals surface area contributed by atoms with Crippen molar-refractivity contribution in [1.82, 2.24) is 0 Å². The number of nitrogens with zero attached hydrogens (tertiary/aromatic N) is 1. The van der Waals surface area contributed by atoms with Crippen LogP contribution in [0, 0.1) is 3.57 Å². The molecular formula is C7H6IN3O2S. The number of anilines is 1. The van der Waals surface area contributed by atoms with Crippen molar-refractivity contribution in [1.29, 1.82) is 0 Å². The highest BCUT2D eigenvalue weighted by Gasteiger charge is 2.22. The van der Waals surface area contributed by atoms with Crippen LogP contribution in [0.2, 0.25) is 0 Å². The molecule has 5 nitrogen and oxygen atoms in total. The molecule has 0 amide bonds. The molecule has 2 rings (SSSR count). The zero-order valence-corrected chi connectivity index (χ0v) is 9.83. The first-order valence-corrected chi connectivity index (χ1v) is 6.18. The maximum atomic E-state index is 11.2. The van der Waals surface area contributed by atoms with Crippen molar-refractivity contribution in [2.75, 3.05) is 4.72 Å². The molecule has 7 heteroatoms. The number of rotatable bonds is 0. The highest BCUT2D eigenvalue weighted by atomic mass is 127. The van der Waals surface area contributed by atoms with Crippen molar-refractivity contribution in [3.05, 3.63) is 27.3 Å². The maximum Gasteiger partial charge on any atom is 0.344 e. The molecule has 1 aromatic rings. The van der Waals surface area contributed by atoms with Gasteiger partial charge in [0.1, 0.15) is 5.84 Å². The topological polar surface area (TPSA) is 84.5 Å². The van der Waals surface area contributed by atoms with Crippen LogP contribution < -0.4 is 10.5 Å². The maximum absolute atomic E-state index is 11.2. The third-order valence-corrected chi connectivity index (χ3v) is 3.54. The summed E-state index contributed by atoms with van der Waals surface area (Å²) >= 11 is 2.03. The Kier molecular flexibility index (Phi) is 2.14. The molecule has 74 valence electrons. The van der Waals surface area contributed by atoms with Gasteiger partial charge < -0.3 is 5.73 Å². The summed E-state index contributed by atoms with van der Waals surface area (Å²) in [7, 11) is -3.66. The first kappa shape index (κ1) is 9.71. The van der Waals surface area contributed by atoms with Gasteiger partial charge in [-0.1, -0.05) is 6.07 Å². The minimum Gasteiger partial charge on any atom is -0.382 e. The van der Waals surface area contributed by atoms with Gasteiger partial charge in [-0.2, -0.15) is 8.42 Å². The van der Waals surface area contributed by atoms with Crippen molar-refractivity contribution in [3.63, 3.8) is 0 Å². The lowest BCUT2D eigenvalue weighted by Crippen LogP contribution is -2.26. The zero-order valence-electron chi connectivity index (χ0n) is 6.86. The fourth-order valence-corrected chi connectivity index (χ4v) is 2.87. The van der Waals surface area contributed by atoms with Gasteiger partial charge in [-0.15, -0.1) is 4.40 Å². The molecule has 1 aliphatic rings. The van der Waals surface area contributed by atoms with E-state index in [0.29, 0.717) is 11.3 Å². The number of nitrogens with two attached hydrogens (primary N) is 1. The molecule has 0 aliphatic carbocycles. The van der Waals surface area contributed by atoms with Crippen LogP contribution in [0.25, 0.3) is 0 Å². The summed E-state index contributed by atoms with van der Waals surface area (Å²) in [6.07, 6.45) is 0. The van der Waals surface area contributed by atoms with Crippen LogP contribution >= 0.6 is 22.6 Å². The molecular weight excluding hydrogens is 317 g/mol. The van der Waals surface area contributed by atoms with Crippen LogP contribution in [0.5, 0.6) is 0 Å². The molecule has 0 spiro atoms. The van der Waals surface area contributed by atoms with Gasteiger partial charge in [0.15, 0.2) is 0 Å². The highest BCUT2D eigenvalue weighted by molar-refractivity contribution is 14.1. The lowest BCUT2D eigenvalue weighted by Gasteiger charge is -2.16. The second-order valence-corrected chi connectivity index (χ2v) is 5.22. The Morgan fingerprint density at radius 1 is 1.43 bits per heavy atom. The van der Waals surface area contributed by atoms with Crippen molar-refractivity contribution in [3.8, 4) is 0 Å². The zero-order chi connectivity index (χ0) is 10.3. The summed E-state index contributed by atoms with van der Waals surface area (Å²) < 4.78 is 28.9. The number of nitrogens with one attached hydrogen (secondary N) is 1. The lowest BCUT2D eigenvalue weighted by molar-refractivity contribution is 0.602. The minimum atomic E-state index is -3.66. The SMILES string of the molecule is NC1=NS(=O)(=O)Nc2c(I)cccc21. The number of amidine groups is 1. The van der Waals surface area contributed by atoms with Crippen molar-refractivity contribution in [2.45, 2.75) is 0 Å². The molecule has 0 radical (unpaired) electrons. The second kappa shape index (κ2) is 3.09. The summed E-state index contributed by atoms with van der Waals surface area (Å²) in [6.45, 7) is 0. The van der Waals surface area contributed by atoms with Gasteiger partial charge in [0, 0.05) is 9.13 Å². The summed E-state index contributed by atoms with van der Waals surface area (Å²) in [5, 5.41) is 0. The largest absolute Gasteiger partial charge is 0.382 e. The van der Waals surface area contributed by atoms with Gasteiger partial charge in [-0.3, -0.25) is 4.72 Å². The number of halogens is 1. The molecule has 0 saturated heterocycles. The predicted octanol–water partition coefficient (Wildman–Crippen LogP) is 0.667. The molecule has 3 N–H and O–H groups in total. The molecule has 0 unspecified atom stereocenters. The molecule has 0 saturated carbocycles. The molecule has 14 heavy (non-hydrogen) atoms. The Morgan fingerprint density at radius 2 is 2.14 bits per heavy atom. The van der Waals surface area contributed by atoms with E-state index in [2.05, 4.69) is 9.12 Å². The summed E-state index contributed by atoms with van der Waals surface area (Å²) in [6, 6.07) is 5.31. The summed E-state index contributed by atoms with van der Waals surface area (Å²) in [5.41, 5.74) is 6.64. The smallest absolute Gasteiger partial charge is 0.344 e. The van der Waals surface area contributed by atoms with E-state index >= 15 is 0 Å². The summed E-state index contributed by atoms with van der Waals surface area (Å²) in [5.74, 6) is 0.0252. The van der Waals surface area contributed by atoms with Crippen LogP contribution in [-0.2, 0) is 10.2 Å². The molecule has 0 aromatic heterocycles. The number of hydrogen-bond acceptors (Lipinski definition) is 3. The van der Waals surface area contributed by atoms with E-state index in [1.165, 1.54) is 0 Å². The van der Waals surface area contributed by atoms with E-state index in [-0.39, 0.29) is 5.84 Å². The highest BCUT2D eigenvalue weighted by Crippen LogP contribution is 2.27. The van der Waals surface area contributed by atoms with Crippen LogP contribution in [-0.4, -0.2) is 14.3 Å². The average molecular weight is 323 g/mol. The Bertz CT molecular complexity index is 524. The van der Waals surface area contributed by atoms with Crippen molar-refractivity contribution < 1.29 is 8.42 Å². The number of hydrogen-bond donors (Lipinski definition) is 2. The monoisotopic (exact) mass is 323 g/mol. The lowest BCUT2D eigenvalue weighted by atomic mass is 10.2. The van der Waals surface area contributed by atoms with Crippen molar-refractivity contribution in [2.24, 2.45) is 10.1 Å². The fourth-order valence-electron chi connectivity index (χ4n) is 1.17. The normalized spacial score (nSPS) is 17.9. The molecule has 0 bridgehead atoms. The molecule has 1 heterocycles. The van der Waals surface area contributed by atoms with E-state index < -0.39 is 10.2 Å². The average Bonchev–Trinajstić information content (AvgIpc) is 2.05. The Morgan fingerprint density at radius 3 is 2.86 bits per heavy atom. The van der Waals surface area contributed by atoms with Gasteiger partial charge in [0.25, 0.3) is 0 Å². The van der Waals surface area contributed by atoms with E-state index in [1.807, 2.05) is 22.6 Å². The quantitative estimate of drug-likeness (QED) is 0.688.